The molecule has 2 amide bonds. The molecule has 3 N–H and O–H groups in total. The van der Waals surface area contributed by atoms with Gasteiger partial charge in [0.1, 0.15) is 5.00 Å². The predicted molar refractivity (Wildman–Crippen MR) is 76.1 cm³/mol. The molecule has 20 heavy (non-hydrogen) atoms. The van der Waals surface area contributed by atoms with Crippen molar-refractivity contribution in [3.63, 3.8) is 0 Å². The molecule has 2 aromatic heterocycles. The van der Waals surface area contributed by atoms with Gasteiger partial charge in [-0.1, -0.05) is 6.07 Å². The number of carbonyl (C=O) groups is 2. The molecule has 0 spiro atoms. The van der Waals surface area contributed by atoms with Crippen LogP contribution in [0, 0.1) is 0 Å². The Hall–Kier alpha value is -2.41. The highest BCUT2D eigenvalue weighted by Gasteiger charge is 2.15. The Morgan fingerprint density at radius 2 is 2.20 bits per heavy atom. The molecule has 1 atom stereocenters. The van der Waals surface area contributed by atoms with Crippen molar-refractivity contribution in [2.45, 2.75) is 13.0 Å². The third-order valence-electron chi connectivity index (χ3n) is 2.65. The van der Waals surface area contributed by atoms with Crippen molar-refractivity contribution in [1.29, 1.82) is 0 Å². The zero-order valence-corrected chi connectivity index (χ0v) is 11.5. The smallest absolute Gasteiger partial charge is 0.338 e. The number of aromatic nitrogens is 1. The maximum Gasteiger partial charge on any atom is 0.338 e. The van der Waals surface area contributed by atoms with Crippen molar-refractivity contribution in [1.82, 2.24) is 10.3 Å². The number of carboxylic acids is 1. The summed E-state index contributed by atoms with van der Waals surface area (Å²) in [5.74, 6) is -1.07. The van der Waals surface area contributed by atoms with Crippen molar-refractivity contribution in [3.05, 3.63) is 47.1 Å². The molecule has 104 valence electrons. The number of carboxylic acid groups (broad SMARTS) is 1. The van der Waals surface area contributed by atoms with E-state index in [0.29, 0.717) is 5.00 Å². The average molecular weight is 291 g/mol. The van der Waals surface area contributed by atoms with Crippen LogP contribution in [0.25, 0.3) is 0 Å². The first-order valence-electron chi connectivity index (χ1n) is 5.86. The molecule has 0 aliphatic carbocycles. The van der Waals surface area contributed by atoms with Crippen LogP contribution in [0.1, 0.15) is 28.9 Å². The summed E-state index contributed by atoms with van der Waals surface area (Å²) in [7, 11) is 0. The number of anilines is 1. The van der Waals surface area contributed by atoms with E-state index in [1.807, 2.05) is 13.0 Å². The standard InChI is InChI=1S/C13H13N3O3S/c1-8(9-3-2-5-14-7-9)15-13(19)16-11-10(12(17)18)4-6-20-11/h2-8H,1H3,(H,17,18)(H2,15,16,19)/t8-/m1/s1. The van der Waals surface area contributed by atoms with E-state index >= 15 is 0 Å². The molecule has 2 aromatic rings. The molecule has 6 nitrogen and oxygen atoms in total. The first-order chi connectivity index (χ1) is 9.58. The third kappa shape index (κ3) is 3.33. The minimum atomic E-state index is -1.07. The second kappa shape index (κ2) is 6.16. The van der Waals surface area contributed by atoms with Crippen LogP contribution in [0.15, 0.2) is 36.0 Å². The van der Waals surface area contributed by atoms with Crippen LogP contribution in [0.4, 0.5) is 9.80 Å². The highest BCUT2D eigenvalue weighted by atomic mass is 32.1. The molecule has 0 aliphatic rings. The Labute approximate surface area is 119 Å². The topological polar surface area (TPSA) is 91.3 Å². The Balaban J connectivity index is 1.99. The lowest BCUT2D eigenvalue weighted by Crippen LogP contribution is -2.31. The maximum absolute atomic E-state index is 11.8. The summed E-state index contributed by atoms with van der Waals surface area (Å²) < 4.78 is 0. The molecule has 0 fully saturated rings. The van der Waals surface area contributed by atoms with E-state index < -0.39 is 12.0 Å². The van der Waals surface area contributed by atoms with E-state index in [-0.39, 0.29) is 11.6 Å². The van der Waals surface area contributed by atoms with Gasteiger partial charge >= 0.3 is 12.0 Å². The largest absolute Gasteiger partial charge is 0.478 e. The monoisotopic (exact) mass is 291 g/mol. The number of nitrogens with one attached hydrogen (secondary N) is 2. The van der Waals surface area contributed by atoms with E-state index in [2.05, 4.69) is 15.6 Å². The van der Waals surface area contributed by atoms with Crippen LogP contribution >= 0.6 is 11.3 Å². The van der Waals surface area contributed by atoms with E-state index in [1.165, 1.54) is 6.07 Å². The number of thiophene rings is 1. The Kier molecular flexibility index (Phi) is 4.31. The van der Waals surface area contributed by atoms with Crippen molar-refractivity contribution >= 4 is 28.3 Å². The summed E-state index contributed by atoms with van der Waals surface area (Å²) in [6.07, 6.45) is 3.32. The lowest BCUT2D eigenvalue weighted by molar-refractivity contribution is 0.0698. The number of urea groups is 1. The van der Waals surface area contributed by atoms with Crippen molar-refractivity contribution < 1.29 is 14.7 Å². The maximum atomic E-state index is 11.8. The molecule has 2 heterocycles. The number of carbonyl (C=O) groups excluding carboxylic acids is 1. The number of pyridine rings is 1. The van der Waals surface area contributed by atoms with Crippen LogP contribution in [0.3, 0.4) is 0 Å². The summed E-state index contributed by atoms with van der Waals surface area (Å²) >= 11 is 1.16. The van der Waals surface area contributed by atoms with Gasteiger partial charge in [0.25, 0.3) is 0 Å². The molecule has 0 aromatic carbocycles. The molecule has 0 radical (unpaired) electrons. The van der Waals surface area contributed by atoms with Gasteiger partial charge in [0.05, 0.1) is 11.6 Å². The van der Waals surface area contributed by atoms with Crippen molar-refractivity contribution in [3.8, 4) is 0 Å². The molecule has 0 saturated carbocycles. The van der Waals surface area contributed by atoms with Gasteiger partial charge in [0, 0.05) is 12.4 Å². The van der Waals surface area contributed by atoms with Gasteiger partial charge in [-0.2, -0.15) is 0 Å². The zero-order valence-electron chi connectivity index (χ0n) is 10.7. The number of amides is 2. The second-order valence-electron chi connectivity index (χ2n) is 4.08. The number of hydrogen-bond donors (Lipinski definition) is 3. The van der Waals surface area contributed by atoms with E-state index in [1.54, 1.807) is 23.8 Å². The average Bonchev–Trinajstić information content (AvgIpc) is 2.87. The van der Waals surface area contributed by atoms with Crippen LogP contribution in [-0.2, 0) is 0 Å². The third-order valence-corrected chi connectivity index (χ3v) is 3.48. The fourth-order valence-electron chi connectivity index (χ4n) is 1.63. The van der Waals surface area contributed by atoms with Gasteiger partial charge in [0.15, 0.2) is 0 Å². The molecule has 7 heteroatoms. The van der Waals surface area contributed by atoms with Gasteiger partial charge in [0.2, 0.25) is 0 Å². The van der Waals surface area contributed by atoms with E-state index in [4.69, 9.17) is 5.11 Å². The van der Waals surface area contributed by atoms with Crippen molar-refractivity contribution in [2.24, 2.45) is 0 Å². The molecule has 0 aliphatic heterocycles. The predicted octanol–water partition coefficient (Wildman–Crippen LogP) is 2.72. The van der Waals surface area contributed by atoms with Gasteiger partial charge in [-0.15, -0.1) is 11.3 Å². The summed E-state index contributed by atoms with van der Waals surface area (Å²) in [6.45, 7) is 1.82. The lowest BCUT2D eigenvalue weighted by atomic mass is 10.1. The van der Waals surface area contributed by atoms with Crippen LogP contribution < -0.4 is 10.6 Å². The Morgan fingerprint density at radius 3 is 2.85 bits per heavy atom. The highest BCUT2D eigenvalue weighted by Crippen LogP contribution is 2.23. The Bertz CT molecular complexity index is 612. The SMILES string of the molecule is C[C@@H](NC(=O)Nc1sccc1C(=O)O)c1cccnc1. The van der Waals surface area contributed by atoms with Crippen LogP contribution in [0.2, 0.25) is 0 Å². The molecule has 0 saturated heterocycles. The van der Waals surface area contributed by atoms with Gasteiger partial charge < -0.3 is 10.4 Å². The number of aromatic carboxylic acids is 1. The first kappa shape index (κ1) is 14.0. The van der Waals surface area contributed by atoms with Crippen LogP contribution in [-0.4, -0.2) is 22.1 Å². The minimum Gasteiger partial charge on any atom is -0.478 e. The lowest BCUT2D eigenvalue weighted by Gasteiger charge is -2.14. The molecular formula is C13H13N3O3S. The summed E-state index contributed by atoms with van der Waals surface area (Å²) in [4.78, 5) is 26.8. The number of nitrogens with zero attached hydrogens (tertiary/aromatic N) is 1. The summed E-state index contributed by atoms with van der Waals surface area (Å²) in [5, 5.41) is 16.1. The fraction of sp³-hybridized carbons (Fsp3) is 0.154. The van der Waals surface area contributed by atoms with Crippen molar-refractivity contribution in [2.75, 3.05) is 5.32 Å². The van der Waals surface area contributed by atoms with Gasteiger partial charge in [-0.05, 0) is 30.0 Å². The quantitative estimate of drug-likeness (QED) is 0.807. The number of hydrogen-bond acceptors (Lipinski definition) is 4. The van der Waals surface area contributed by atoms with Crippen LogP contribution in [0.5, 0.6) is 0 Å². The minimum absolute atomic E-state index is 0.0826. The zero-order chi connectivity index (χ0) is 14.5. The summed E-state index contributed by atoms with van der Waals surface area (Å²) in [5.41, 5.74) is 0.950. The van der Waals surface area contributed by atoms with E-state index in [9.17, 15) is 9.59 Å². The molecule has 0 bridgehead atoms. The first-order valence-corrected chi connectivity index (χ1v) is 6.74. The second-order valence-corrected chi connectivity index (χ2v) is 4.99. The summed E-state index contributed by atoms with van der Waals surface area (Å²) in [6, 6.07) is 4.41. The molecule has 2 rings (SSSR count). The fourth-order valence-corrected chi connectivity index (χ4v) is 2.40. The van der Waals surface area contributed by atoms with E-state index in [0.717, 1.165) is 16.9 Å². The number of rotatable bonds is 4. The molecule has 0 unspecified atom stereocenters. The molecular weight excluding hydrogens is 278 g/mol. The van der Waals surface area contributed by atoms with Gasteiger partial charge in [-0.3, -0.25) is 10.3 Å². The normalized spacial score (nSPS) is 11.7. The Morgan fingerprint density at radius 1 is 1.40 bits per heavy atom. The van der Waals surface area contributed by atoms with Gasteiger partial charge in [-0.25, -0.2) is 9.59 Å². The highest BCUT2D eigenvalue weighted by molar-refractivity contribution is 7.14.